The Morgan fingerprint density at radius 1 is 0.853 bits per heavy atom. The Kier molecular flexibility index (Phi) is 7.75. The summed E-state index contributed by atoms with van der Waals surface area (Å²) < 4.78 is 40.5. The number of halogens is 3. The lowest BCUT2D eigenvalue weighted by molar-refractivity contribution is -0.137. The number of aromatic nitrogens is 2. The molecule has 1 heterocycles. The summed E-state index contributed by atoms with van der Waals surface area (Å²) in [7, 11) is 0. The van der Waals surface area contributed by atoms with Gasteiger partial charge in [0.05, 0.1) is 24.1 Å². The number of aliphatic hydroxyl groups excluding tert-OH is 1. The summed E-state index contributed by atoms with van der Waals surface area (Å²) in [6, 6.07) is 25.8. The fourth-order valence-corrected chi connectivity index (χ4v) is 4.94. The van der Waals surface area contributed by atoms with Crippen molar-refractivity contribution in [2.24, 2.45) is 0 Å². The molecular weight excluding hydrogens is 457 g/mol. The number of rotatable bonds is 9. The maximum Gasteiger partial charge on any atom is 0.416 e. The third kappa shape index (κ3) is 5.90. The summed E-state index contributed by atoms with van der Waals surface area (Å²) in [5, 5.41) is 10.6. The van der Waals surface area contributed by atoms with Gasteiger partial charge in [0.1, 0.15) is 0 Å². The van der Waals surface area contributed by atoms with E-state index in [2.05, 4.69) is 29.2 Å². The normalized spacial score (nSPS) is 11.8. The second-order valence-corrected chi connectivity index (χ2v) is 8.93. The Morgan fingerprint density at radius 3 is 1.97 bits per heavy atom. The molecule has 0 bridgehead atoms. The van der Waals surface area contributed by atoms with Crippen molar-refractivity contribution in [3.63, 3.8) is 0 Å². The monoisotopic (exact) mass is 482 g/mol. The van der Waals surface area contributed by atoms with Gasteiger partial charge in [0, 0.05) is 18.2 Å². The molecule has 0 atom stereocenters. The summed E-state index contributed by atoms with van der Waals surface area (Å²) in [6.45, 7) is 0.523. The predicted octanol–water partition coefficient (Wildman–Crippen LogP) is 6.91. The number of thioether (sulfide) groups is 1. The van der Waals surface area contributed by atoms with Gasteiger partial charge in [-0.25, -0.2) is 4.98 Å². The van der Waals surface area contributed by atoms with E-state index in [9.17, 15) is 18.3 Å². The molecule has 7 heteroatoms. The molecule has 0 unspecified atom stereocenters. The van der Waals surface area contributed by atoms with Crippen molar-refractivity contribution < 1.29 is 18.3 Å². The number of nitrogens with zero attached hydrogens (tertiary/aromatic N) is 2. The van der Waals surface area contributed by atoms with Crippen LogP contribution < -0.4 is 0 Å². The largest absolute Gasteiger partial charge is 0.416 e. The molecule has 0 aliphatic heterocycles. The fourth-order valence-electron chi connectivity index (χ4n) is 3.97. The molecule has 0 saturated heterocycles. The highest BCUT2D eigenvalue weighted by Crippen LogP contribution is 2.32. The van der Waals surface area contributed by atoms with Crippen molar-refractivity contribution >= 4 is 11.8 Å². The highest BCUT2D eigenvalue weighted by molar-refractivity contribution is 7.98. The van der Waals surface area contributed by atoms with Crippen molar-refractivity contribution in [1.29, 1.82) is 0 Å². The SMILES string of the molecule is OCc1cnc(SCc2ccc(C(F)(F)F)cc2)n1CCC(c1ccccc1)c1ccccc1. The Balaban J connectivity index is 1.50. The van der Waals surface area contributed by atoms with Crippen LogP contribution in [0.3, 0.4) is 0 Å². The molecule has 4 aromatic rings. The highest BCUT2D eigenvalue weighted by atomic mass is 32.2. The van der Waals surface area contributed by atoms with E-state index in [1.54, 1.807) is 6.20 Å². The molecule has 34 heavy (non-hydrogen) atoms. The second-order valence-electron chi connectivity index (χ2n) is 7.99. The van der Waals surface area contributed by atoms with Crippen molar-refractivity contribution in [2.45, 2.75) is 42.6 Å². The maximum atomic E-state index is 12.8. The summed E-state index contributed by atoms with van der Waals surface area (Å²) >= 11 is 1.45. The van der Waals surface area contributed by atoms with Gasteiger partial charge < -0.3 is 9.67 Å². The maximum absolute atomic E-state index is 12.8. The molecule has 1 N–H and O–H groups in total. The molecule has 0 amide bonds. The average molecular weight is 483 g/mol. The van der Waals surface area contributed by atoms with Gasteiger partial charge in [-0.1, -0.05) is 84.6 Å². The van der Waals surface area contributed by atoms with Crippen LogP contribution in [0.1, 0.15) is 40.3 Å². The molecule has 0 saturated carbocycles. The van der Waals surface area contributed by atoms with Crippen LogP contribution >= 0.6 is 11.8 Å². The Bertz CT molecular complexity index is 1140. The highest BCUT2D eigenvalue weighted by Gasteiger charge is 2.29. The molecular formula is C27H25F3N2OS. The Hall–Kier alpha value is -3.03. The minimum absolute atomic E-state index is 0.130. The molecule has 1 aromatic heterocycles. The summed E-state index contributed by atoms with van der Waals surface area (Å²) in [6.07, 6.45) is -1.87. The van der Waals surface area contributed by atoms with Gasteiger partial charge in [0.15, 0.2) is 5.16 Å². The van der Waals surface area contributed by atoms with E-state index in [4.69, 9.17) is 0 Å². The van der Waals surface area contributed by atoms with Crippen LogP contribution in [0.25, 0.3) is 0 Å². The third-order valence-electron chi connectivity index (χ3n) is 5.76. The lowest BCUT2D eigenvalue weighted by Crippen LogP contribution is -2.10. The molecule has 3 nitrogen and oxygen atoms in total. The lowest BCUT2D eigenvalue weighted by Gasteiger charge is -2.20. The number of hydrogen-bond donors (Lipinski definition) is 1. The molecule has 0 radical (unpaired) electrons. The van der Waals surface area contributed by atoms with Crippen LogP contribution in [0.5, 0.6) is 0 Å². The lowest BCUT2D eigenvalue weighted by atomic mass is 9.88. The number of benzene rings is 3. The predicted molar refractivity (Wildman–Crippen MR) is 128 cm³/mol. The number of hydrogen-bond acceptors (Lipinski definition) is 3. The van der Waals surface area contributed by atoms with Crippen molar-refractivity contribution in [3.8, 4) is 0 Å². The van der Waals surface area contributed by atoms with Gasteiger partial charge in [-0.05, 0) is 35.2 Å². The zero-order valence-corrected chi connectivity index (χ0v) is 19.3. The molecule has 0 fully saturated rings. The first-order chi connectivity index (χ1) is 16.5. The first-order valence-corrected chi connectivity index (χ1v) is 12.0. The van der Waals surface area contributed by atoms with Crippen molar-refractivity contribution in [3.05, 3.63) is 119 Å². The summed E-state index contributed by atoms with van der Waals surface area (Å²) in [4.78, 5) is 4.47. The van der Waals surface area contributed by atoms with E-state index < -0.39 is 11.7 Å². The van der Waals surface area contributed by atoms with Crippen LogP contribution in [-0.2, 0) is 25.1 Å². The second kappa shape index (κ2) is 10.9. The molecule has 0 spiro atoms. The van der Waals surface area contributed by atoms with Crippen molar-refractivity contribution in [2.75, 3.05) is 0 Å². The van der Waals surface area contributed by atoms with E-state index in [-0.39, 0.29) is 12.5 Å². The fraction of sp³-hybridized carbons (Fsp3) is 0.222. The van der Waals surface area contributed by atoms with Gasteiger partial charge in [-0.2, -0.15) is 13.2 Å². The number of imidazole rings is 1. The van der Waals surface area contributed by atoms with Crippen LogP contribution in [0, 0.1) is 0 Å². The first-order valence-electron chi connectivity index (χ1n) is 11.0. The zero-order valence-electron chi connectivity index (χ0n) is 18.4. The molecule has 0 aliphatic rings. The van der Waals surface area contributed by atoms with Gasteiger partial charge in [0.25, 0.3) is 0 Å². The van der Waals surface area contributed by atoms with Crippen LogP contribution in [-0.4, -0.2) is 14.7 Å². The minimum Gasteiger partial charge on any atom is -0.390 e. The van der Waals surface area contributed by atoms with E-state index in [1.165, 1.54) is 35.0 Å². The van der Waals surface area contributed by atoms with E-state index >= 15 is 0 Å². The van der Waals surface area contributed by atoms with Gasteiger partial charge in [-0.15, -0.1) is 0 Å². The topological polar surface area (TPSA) is 38.1 Å². The zero-order chi connectivity index (χ0) is 24.0. The number of alkyl halides is 3. The minimum atomic E-state index is -4.34. The molecule has 176 valence electrons. The smallest absolute Gasteiger partial charge is 0.390 e. The quantitative estimate of drug-likeness (QED) is 0.264. The average Bonchev–Trinajstić information content (AvgIpc) is 3.26. The van der Waals surface area contributed by atoms with Gasteiger partial charge in [-0.3, -0.25) is 0 Å². The van der Waals surface area contributed by atoms with Crippen LogP contribution in [0.2, 0.25) is 0 Å². The van der Waals surface area contributed by atoms with E-state index in [0.29, 0.717) is 12.3 Å². The molecule has 0 aliphatic carbocycles. The van der Waals surface area contributed by atoms with E-state index in [1.807, 2.05) is 41.0 Å². The van der Waals surface area contributed by atoms with Crippen molar-refractivity contribution in [1.82, 2.24) is 9.55 Å². The summed E-state index contributed by atoms with van der Waals surface area (Å²) in [5.41, 5.74) is 3.29. The molecule has 4 rings (SSSR count). The van der Waals surface area contributed by atoms with Gasteiger partial charge >= 0.3 is 6.18 Å². The number of aliphatic hydroxyl groups is 1. The van der Waals surface area contributed by atoms with Gasteiger partial charge in [0.2, 0.25) is 0 Å². The molecule has 3 aromatic carbocycles. The summed E-state index contributed by atoms with van der Waals surface area (Å²) in [5.74, 6) is 0.671. The Morgan fingerprint density at radius 2 is 1.44 bits per heavy atom. The standard InChI is InChI=1S/C27H25F3N2OS/c28-27(29,30)23-13-11-20(12-14-23)19-34-26-31-17-24(18-33)32(26)16-15-25(21-7-3-1-4-8-21)22-9-5-2-6-10-22/h1-14,17,25,33H,15-16,18-19H2. The van der Waals surface area contributed by atoms with E-state index in [0.717, 1.165) is 35.0 Å². The third-order valence-corrected chi connectivity index (χ3v) is 6.82. The van der Waals surface area contributed by atoms with Crippen LogP contribution in [0.15, 0.2) is 96.3 Å². The Labute approximate surface area is 201 Å². The van der Waals surface area contributed by atoms with Crippen LogP contribution in [0.4, 0.5) is 13.2 Å². The first kappa shape index (κ1) is 24.1.